The summed E-state index contributed by atoms with van der Waals surface area (Å²) in [5.41, 5.74) is -1.28. The summed E-state index contributed by atoms with van der Waals surface area (Å²) in [6.45, 7) is 1.57. The maximum absolute atomic E-state index is 11.6. The molecule has 0 saturated carbocycles. The van der Waals surface area contributed by atoms with Gasteiger partial charge in [0.2, 0.25) is 0 Å². The summed E-state index contributed by atoms with van der Waals surface area (Å²) in [7, 11) is 0. The van der Waals surface area contributed by atoms with E-state index < -0.39 is 17.2 Å². The van der Waals surface area contributed by atoms with Crippen molar-refractivity contribution < 1.29 is 4.79 Å². The highest BCUT2D eigenvalue weighted by Crippen LogP contribution is 1.98. The molecule has 2 heterocycles. The van der Waals surface area contributed by atoms with Crippen LogP contribution in [0.5, 0.6) is 0 Å². The maximum Gasteiger partial charge on any atom is 0.326 e. The Kier molecular flexibility index (Phi) is 2.86. The number of hydrogen-bond donors (Lipinski definition) is 4. The minimum atomic E-state index is -0.679. The van der Waals surface area contributed by atoms with Crippen LogP contribution in [0.4, 0.5) is 0 Å². The van der Waals surface area contributed by atoms with E-state index in [-0.39, 0.29) is 11.7 Å². The van der Waals surface area contributed by atoms with Gasteiger partial charge in [0.25, 0.3) is 11.5 Å². The van der Waals surface area contributed by atoms with Gasteiger partial charge in [-0.15, -0.1) is 0 Å². The topological polar surface area (TPSA) is 107 Å². The van der Waals surface area contributed by atoms with Gasteiger partial charge >= 0.3 is 5.69 Å². The third kappa shape index (κ3) is 2.37. The van der Waals surface area contributed by atoms with E-state index in [4.69, 9.17) is 0 Å². The first-order chi connectivity index (χ1) is 7.65. The molecule has 16 heavy (non-hydrogen) atoms. The lowest BCUT2D eigenvalue weighted by molar-refractivity contribution is 0.0934. The molecule has 1 aliphatic rings. The van der Waals surface area contributed by atoms with Crippen molar-refractivity contribution in [1.29, 1.82) is 0 Å². The summed E-state index contributed by atoms with van der Waals surface area (Å²) in [6.07, 6.45) is 0.846. The molecule has 0 aromatic carbocycles. The minimum absolute atomic E-state index is 0.0133. The van der Waals surface area contributed by atoms with Crippen molar-refractivity contribution >= 4 is 5.91 Å². The first-order valence-corrected chi connectivity index (χ1v) is 5.00. The Bertz CT molecular complexity index is 470. The molecule has 2 rings (SSSR count). The van der Waals surface area contributed by atoms with Crippen LogP contribution in [-0.2, 0) is 0 Å². The Morgan fingerprint density at radius 2 is 2.19 bits per heavy atom. The van der Waals surface area contributed by atoms with E-state index in [1.165, 1.54) is 0 Å². The molecule has 1 fully saturated rings. The van der Waals surface area contributed by atoms with E-state index >= 15 is 0 Å². The summed E-state index contributed by atoms with van der Waals surface area (Å²) in [6, 6.07) is 1.12. The van der Waals surface area contributed by atoms with Crippen LogP contribution in [0.25, 0.3) is 0 Å². The zero-order chi connectivity index (χ0) is 11.5. The molecule has 0 spiro atoms. The van der Waals surface area contributed by atoms with Crippen LogP contribution in [-0.4, -0.2) is 35.0 Å². The summed E-state index contributed by atoms with van der Waals surface area (Å²) >= 11 is 0. The Balaban J connectivity index is 2.13. The average Bonchev–Trinajstić information content (AvgIpc) is 2.68. The van der Waals surface area contributed by atoms with Gasteiger partial charge in [-0.25, -0.2) is 4.79 Å². The smallest absolute Gasteiger partial charge is 0.326 e. The molecule has 0 aliphatic carbocycles. The second kappa shape index (κ2) is 4.31. The molecule has 1 aromatic rings. The monoisotopic (exact) mass is 224 g/mol. The highest BCUT2D eigenvalue weighted by Gasteiger charge is 2.18. The Morgan fingerprint density at radius 3 is 2.81 bits per heavy atom. The largest absolute Gasteiger partial charge is 0.347 e. The van der Waals surface area contributed by atoms with Crippen LogP contribution >= 0.6 is 0 Å². The van der Waals surface area contributed by atoms with Gasteiger partial charge < -0.3 is 15.6 Å². The quantitative estimate of drug-likeness (QED) is 0.473. The summed E-state index contributed by atoms with van der Waals surface area (Å²) in [5.74, 6) is -0.433. The van der Waals surface area contributed by atoms with E-state index in [2.05, 4.69) is 15.6 Å². The van der Waals surface area contributed by atoms with Crippen LogP contribution in [0, 0.1) is 0 Å². The SMILES string of the molecule is O=C(NC1CCNC1)c1cc(=O)[nH]c(=O)[nH]1. The van der Waals surface area contributed by atoms with Gasteiger partial charge in [-0.2, -0.15) is 0 Å². The van der Waals surface area contributed by atoms with Crippen LogP contribution in [0.1, 0.15) is 16.9 Å². The van der Waals surface area contributed by atoms with Crippen molar-refractivity contribution in [3.63, 3.8) is 0 Å². The predicted molar refractivity (Wildman–Crippen MR) is 56.4 cm³/mol. The van der Waals surface area contributed by atoms with Crippen LogP contribution < -0.4 is 21.9 Å². The lowest BCUT2D eigenvalue weighted by Crippen LogP contribution is -2.38. The fourth-order valence-electron chi connectivity index (χ4n) is 1.63. The molecule has 1 amide bonds. The average molecular weight is 224 g/mol. The first-order valence-electron chi connectivity index (χ1n) is 5.00. The van der Waals surface area contributed by atoms with Crippen LogP contribution in [0.3, 0.4) is 0 Å². The fraction of sp³-hybridized carbons (Fsp3) is 0.444. The van der Waals surface area contributed by atoms with E-state index in [1.807, 2.05) is 4.98 Å². The van der Waals surface area contributed by atoms with Crippen LogP contribution in [0.2, 0.25) is 0 Å². The van der Waals surface area contributed by atoms with Crippen molar-refractivity contribution in [2.24, 2.45) is 0 Å². The summed E-state index contributed by atoms with van der Waals surface area (Å²) in [5, 5.41) is 5.82. The molecule has 4 N–H and O–H groups in total. The first kappa shape index (κ1) is 10.6. The Morgan fingerprint density at radius 1 is 1.38 bits per heavy atom. The lowest BCUT2D eigenvalue weighted by atomic mass is 10.2. The molecule has 86 valence electrons. The van der Waals surface area contributed by atoms with Crippen LogP contribution in [0.15, 0.2) is 15.7 Å². The van der Waals surface area contributed by atoms with Crippen molar-refractivity contribution in [3.05, 3.63) is 32.6 Å². The van der Waals surface area contributed by atoms with Crippen molar-refractivity contribution in [3.8, 4) is 0 Å². The highest BCUT2D eigenvalue weighted by atomic mass is 16.2. The van der Waals surface area contributed by atoms with Gasteiger partial charge in [-0.05, 0) is 13.0 Å². The molecule has 0 radical (unpaired) electrons. The molecule has 1 aliphatic heterocycles. The van der Waals surface area contributed by atoms with Gasteiger partial charge in [-0.3, -0.25) is 14.6 Å². The van der Waals surface area contributed by atoms with Gasteiger partial charge in [0.05, 0.1) is 0 Å². The number of aromatic nitrogens is 2. The molecule has 1 atom stereocenters. The Labute approximate surface area is 90.3 Å². The number of aromatic amines is 2. The van der Waals surface area contributed by atoms with Crippen molar-refractivity contribution in [2.75, 3.05) is 13.1 Å². The zero-order valence-electron chi connectivity index (χ0n) is 8.50. The van der Waals surface area contributed by atoms with Gasteiger partial charge in [0.1, 0.15) is 5.69 Å². The molecule has 1 unspecified atom stereocenters. The molecule has 0 bridgehead atoms. The normalized spacial score (nSPS) is 19.6. The third-order valence-electron chi connectivity index (χ3n) is 2.40. The highest BCUT2D eigenvalue weighted by molar-refractivity contribution is 5.92. The van der Waals surface area contributed by atoms with E-state index in [9.17, 15) is 14.4 Å². The van der Waals surface area contributed by atoms with E-state index in [1.54, 1.807) is 0 Å². The lowest BCUT2D eigenvalue weighted by Gasteiger charge is -2.10. The summed E-state index contributed by atoms with van der Waals surface area (Å²) in [4.78, 5) is 37.9. The van der Waals surface area contributed by atoms with E-state index in [0.29, 0.717) is 6.54 Å². The molecular formula is C9H12N4O3. The van der Waals surface area contributed by atoms with Crippen molar-refractivity contribution in [2.45, 2.75) is 12.5 Å². The molecule has 7 nitrogen and oxygen atoms in total. The molecular weight excluding hydrogens is 212 g/mol. The second-order valence-corrected chi connectivity index (χ2v) is 3.66. The van der Waals surface area contributed by atoms with Gasteiger partial charge in [0, 0.05) is 18.7 Å². The molecule has 1 saturated heterocycles. The zero-order valence-corrected chi connectivity index (χ0v) is 8.50. The number of rotatable bonds is 2. The van der Waals surface area contributed by atoms with E-state index in [0.717, 1.165) is 19.0 Å². The number of amides is 1. The number of hydrogen-bond acceptors (Lipinski definition) is 4. The fourth-order valence-corrected chi connectivity index (χ4v) is 1.63. The Hall–Kier alpha value is -1.89. The maximum atomic E-state index is 11.6. The summed E-state index contributed by atoms with van der Waals surface area (Å²) < 4.78 is 0. The van der Waals surface area contributed by atoms with Gasteiger partial charge in [0.15, 0.2) is 0 Å². The predicted octanol–water partition coefficient (Wildman–Crippen LogP) is -1.85. The molecule has 7 heteroatoms. The standard InChI is InChI=1S/C9H12N4O3/c14-7-3-6(12-9(16)13-7)8(15)11-5-1-2-10-4-5/h3,5,10H,1-2,4H2,(H,11,15)(H2,12,13,14,16). The van der Waals surface area contributed by atoms with Crippen molar-refractivity contribution in [1.82, 2.24) is 20.6 Å². The number of nitrogens with one attached hydrogen (secondary N) is 4. The number of carbonyl (C=O) groups excluding carboxylic acids is 1. The minimum Gasteiger partial charge on any atom is -0.347 e. The molecule has 1 aromatic heterocycles. The van der Waals surface area contributed by atoms with Gasteiger partial charge in [-0.1, -0.05) is 0 Å². The number of carbonyl (C=O) groups is 1. The third-order valence-corrected chi connectivity index (χ3v) is 2.40. The number of H-pyrrole nitrogens is 2. The second-order valence-electron chi connectivity index (χ2n) is 3.66.